The largest absolute Gasteiger partial charge is 0.416 e. The highest BCUT2D eigenvalue weighted by Crippen LogP contribution is 2.29. The summed E-state index contributed by atoms with van der Waals surface area (Å²) in [5.41, 5.74) is 0.409. The summed E-state index contributed by atoms with van der Waals surface area (Å²) in [5, 5.41) is 3.70. The van der Waals surface area contributed by atoms with Crippen molar-refractivity contribution in [2.24, 2.45) is 0 Å². The maximum atomic E-state index is 12.8. The molecular formula is C17H20F3N3O3S. The number of halogens is 3. The Morgan fingerprint density at radius 3 is 2.15 bits per heavy atom. The van der Waals surface area contributed by atoms with Gasteiger partial charge in [0.2, 0.25) is 10.0 Å². The van der Waals surface area contributed by atoms with E-state index in [0.717, 1.165) is 17.7 Å². The lowest BCUT2D eigenvalue weighted by atomic mass is 10.1. The quantitative estimate of drug-likeness (QED) is 0.786. The van der Waals surface area contributed by atoms with Gasteiger partial charge >= 0.3 is 6.18 Å². The summed E-state index contributed by atoms with van der Waals surface area (Å²) in [7, 11) is -3.67. The first-order valence-corrected chi connectivity index (χ1v) is 9.84. The SMILES string of the molecule is Cc1noc(C)c1S(=O)(=O)N1CCN(Cc2ccc(C(F)(F)F)cc2)CC1. The van der Waals surface area contributed by atoms with E-state index in [1.165, 1.54) is 16.4 Å². The normalized spacial score (nSPS) is 17.4. The van der Waals surface area contributed by atoms with Crippen LogP contribution in [0.2, 0.25) is 0 Å². The molecule has 1 fully saturated rings. The van der Waals surface area contributed by atoms with Gasteiger partial charge in [-0.2, -0.15) is 17.5 Å². The number of rotatable bonds is 4. The van der Waals surface area contributed by atoms with Crippen molar-refractivity contribution in [2.45, 2.75) is 31.5 Å². The van der Waals surface area contributed by atoms with E-state index in [4.69, 9.17) is 4.52 Å². The number of nitrogens with zero attached hydrogens (tertiary/aromatic N) is 3. The highest BCUT2D eigenvalue weighted by molar-refractivity contribution is 7.89. The Kier molecular flexibility index (Phi) is 5.33. The molecule has 0 N–H and O–H groups in total. The molecule has 1 aromatic carbocycles. The molecule has 148 valence electrons. The van der Waals surface area contributed by atoms with Crippen LogP contribution in [0, 0.1) is 13.8 Å². The van der Waals surface area contributed by atoms with Gasteiger partial charge in [-0.25, -0.2) is 8.42 Å². The zero-order valence-electron chi connectivity index (χ0n) is 15.0. The molecule has 0 spiro atoms. The number of hydrogen-bond acceptors (Lipinski definition) is 5. The smallest absolute Gasteiger partial charge is 0.360 e. The molecule has 10 heteroatoms. The van der Waals surface area contributed by atoms with Crippen molar-refractivity contribution in [3.8, 4) is 0 Å². The van der Waals surface area contributed by atoms with E-state index >= 15 is 0 Å². The van der Waals surface area contributed by atoms with Crippen LogP contribution in [0.1, 0.15) is 22.6 Å². The van der Waals surface area contributed by atoms with E-state index in [1.54, 1.807) is 13.8 Å². The summed E-state index contributed by atoms with van der Waals surface area (Å²) < 4.78 is 69.8. The van der Waals surface area contributed by atoms with E-state index in [-0.39, 0.29) is 10.7 Å². The summed E-state index contributed by atoms with van der Waals surface area (Å²) in [5.74, 6) is 0.264. The minimum atomic E-state index is -4.35. The lowest BCUT2D eigenvalue weighted by Gasteiger charge is -2.33. The summed E-state index contributed by atoms with van der Waals surface area (Å²) in [6.45, 7) is 5.20. The number of aryl methyl sites for hydroxylation is 2. The first kappa shape index (κ1) is 19.8. The summed E-state index contributed by atoms with van der Waals surface area (Å²) >= 11 is 0. The molecule has 0 aliphatic carbocycles. The second-order valence-corrected chi connectivity index (χ2v) is 8.40. The summed E-state index contributed by atoms with van der Waals surface area (Å²) in [6, 6.07) is 5.03. The predicted octanol–water partition coefficient (Wildman–Crippen LogP) is 2.82. The first-order chi connectivity index (χ1) is 12.6. The Labute approximate surface area is 155 Å². The van der Waals surface area contributed by atoms with Crippen LogP contribution in [-0.4, -0.2) is 49.0 Å². The maximum Gasteiger partial charge on any atom is 0.416 e. The number of sulfonamides is 1. The molecule has 0 radical (unpaired) electrons. The van der Waals surface area contributed by atoms with Crippen molar-refractivity contribution >= 4 is 10.0 Å². The topological polar surface area (TPSA) is 66.7 Å². The van der Waals surface area contributed by atoms with Crippen LogP contribution in [-0.2, 0) is 22.7 Å². The van der Waals surface area contributed by atoms with Gasteiger partial charge in [0.05, 0.1) is 5.56 Å². The zero-order chi connectivity index (χ0) is 19.8. The van der Waals surface area contributed by atoms with Gasteiger partial charge in [0.15, 0.2) is 5.76 Å². The van der Waals surface area contributed by atoms with E-state index < -0.39 is 21.8 Å². The van der Waals surface area contributed by atoms with Gasteiger partial charge in [-0.1, -0.05) is 17.3 Å². The molecule has 2 heterocycles. The Balaban J connectivity index is 1.62. The first-order valence-electron chi connectivity index (χ1n) is 8.40. The highest BCUT2D eigenvalue weighted by Gasteiger charge is 2.33. The van der Waals surface area contributed by atoms with Gasteiger partial charge in [0, 0.05) is 32.7 Å². The van der Waals surface area contributed by atoms with Gasteiger partial charge < -0.3 is 4.52 Å². The molecule has 0 saturated carbocycles. The van der Waals surface area contributed by atoms with Crippen LogP contribution in [0.15, 0.2) is 33.7 Å². The van der Waals surface area contributed by atoms with Gasteiger partial charge in [-0.05, 0) is 31.5 Å². The lowest BCUT2D eigenvalue weighted by molar-refractivity contribution is -0.137. The van der Waals surface area contributed by atoms with Crippen molar-refractivity contribution in [2.75, 3.05) is 26.2 Å². The number of benzene rings is 1. The highest BCUT2D eigenvalue weighted by atomic mass is 32.2. The van der Waals surface area contributed by atoms with Gasteiger partial charge in [-0.15, -0.1) is 0 Å². The van der Waals surface area contributed by atoms with Crippen LogP contribution in [0.3, 0.4) is 0 Å². The number of piperazine rings is 1. The molecule has 1 aliphatic rings. The van der Waals surface area contributed by atoms with Crippen molar-refractivity contribution < 1.29 is 26.1 Å². The van der Waals surface area contributed by atoms with Gasteiger partial charge in [-0.3, -0.25) is 4.90 Å². The zero-order valence-corrected chi connectivity index (χ0v) is 15.8. The Morgan fingerprint density at radius 1 is 1.07 bits per heavy atom. The van der Waals surface area contributed by atoms with Crippen LogP contribution in [0.25, 0.3) is 0 Å². The second kappa shape index (κ2) is 7.25. The fourth-order valence-corrected chi connectivity index (χ4v) is 4.87. The van der Waals surface area contributed by atoms with Crippen LogP contribution >= 0.6 is 0 Å². The molecule has 0 atom stereocenters. The van der Waals surface area contributed by atoms with Crippen molar-refractivity contribution in [1.82, 2.24) is 14.4 Å². The predicted molar refractivity (Wildman–Crippen MR) is 91.5 cm³/mol. The average molecular weight is 403 g/mol. The number of alkyl halides is 3. The van der Waals surface area contributed by atoms with Gasteiger partial charge in [0.1, 0.15) is 10.6 Å². The molecule has 1 aromatic heterocycles. The third-order valence-corrected chi connectivity index (χ3v) is 6.73. The fraction of sp³-hybridized carbons (Fsp3) is 0.471. The Morgan fingerprint density at radius 2 is 1.67 bits per heavy atom. The van der Waals surface area contributed by atoms with Crippen LogP contribution in [0.4, 0.5) is 13.2 Å². The second-order valence-electron chi connectivity index (χ2n) is 6.53. The van der Waals surface area contributed by atoms with Crippen LogP contribution in [0.5, 0.6) is 0 Å². The molecule has 1 saturated heterocycles. The van der Waals surface area contributed by atoms with E-state index in [1.807, 2.05) is 4.90 Å². The molecule has 27 heavy (non-hydrogen) atoms. The Hall–Kier alpha value is -1.91. The fourth-order valence-electron chi connectivity index (χ4n) is 3.16. The van der Waals surface area contributed by atoms with Crippen LogP contribution < -0.4 is 0 Å². The summed E-state index contributed by atoms with van der Waals surface area (Å²) in [6.07, 6.45) is -4.35. The van der Waals surface area contributed by atoms with E-state index in [9.17, 15) is 21.6 Å². The molecule has 2 aromatic rings. The molecule has 0 unspecified atom stereocenters. The van der Waals surface area contributed by atoms with Crippen molar-refractivity contribution in [3.05, 3.63) is 46.8 Å². The molecular weight excluding hydrogens is 383 g/mol. The molecule has 0 bridgehead atoms. The molecule has 1 aliphatic heterocycles. The lowest BCUT2D eigenvalue weighted by Crippen LogP contribution is -2.48. The molecule has 6 nitrogen and oxygen atoms in total. The average Bonchev–Trinajstić information content (AvgIpc) is 2.94. The minimum absolute atomic E-state index is 0.110. The van der Waals surface area contributed by atoms with Gasteiger partial charge in [0.25, 0.3) is 0 Å². The van der Waals surface area contributed by atoms with Crippen molar-refractivity contribution in [1.29, 1.82) is 0 Å². The molecule has 3 rings (SSSR count). The Bertz CT molecular complexity index is 880. The standard InChI is InChI=1S/C17H20F3N3O3S/c1-12-16(13(2)26-21-12)27(24,25)23-9-7-22(8-10-23)11-14-3-5-15(6-4-14)17(18,19)20/h3-6H,7-11H2,1-2H3. The molecule has 0 amide bonds. The van der Waals surface area contributed by atoms with E-state index in [2.05, 4.69) is 5.16 Å². The number of hydrogen-bond donors (Lipinski definition) is 0. The van der Waals surface area contributed by atoms with Crippen molar-refractivity contribution in [3.63, 3.8) is 0 Å². The minimum Gasteiger partial charge on any atom is -0.360 e. The third-order valence-electron chi connectivity index (χ3n) is 4.58. The summed E-state index contributed by atoms with van der Waals surface area (Å²) in [4.78, 5) is 2.13. The van der Waals surface area contributed by atoms with E-state index in [0.29, 0.717) is 38.4 Å². The third kappa shape index (κ3) is 4.17. The monoisotopic (exact) mass is 403 g/mol. The number of aromatic nitrogens is 1. The maximum absolute atomic E-state index is 12.8.